The number of benzene rings is 2. The van der Waals surface area contributed by atoms with E-state index in [2.05, 4.69) is 12.2 Å². The Morgan fingerprint density at radius 2 is 1.87 bits per heavy atom. The van der Waals surface area contributed by atoms with E-state index in [4.69, 9.17) is 0 Å². The van der Waals surface area contributed by atoms with Crippen molar-refractivity contribution in [2.45, 2.75) is 32.7 Å². The van der Waals surface area contributed by atoms with Crippen molar-refractivity contribution in [3.63, 3.8) is 0 Å². The van der Waals surface area contributed by atoms with Crippen LogP contribution in [-0.2, 0) is 16.0 Å². The molecule has 0 bridgehead atoms. The number of imide groups is 1. The van der Waals surface area contributed by atoms with Crippen molar-refractivity contribution < 1.29 is 9.59 Å². The lowest BCUT2D eigenvalue weighted by atomic mass is 10.1. The molecular weight excluding hydrogens is 288 g/mol. The maximum absolute atomic E-state index is 12.6. The second-order valence-corrected chi connectivity index (χ2v) is 5.86. The molecule has 1 aliphatic heterocycles. The molecule has 3 rings (SSSR count). The first-order valence-electron chi connectivity index (χ1n) is 7.87. The van der Waals surface area contributed by atoms with E-state index in [-0.39, 0.29) is 18.2 Å². The molecule has 0 aliphatic carbocycles. The molecule has 4 heteroatoms. The fourth-order valence-corrected chi connectivity index (χ4v) is 2.83. The summed E-state index contributed by atoms with van der Waals surface area (Å²) in [5, 5.41) is 3.17. The molecular formula is C19H20N2O2. The van der Waals surface area contributed by atoms with Crippen LogP contribution in [0.25, 0.3) is 0 Å². The Kier molecular flexibility index (Phi) is 4.15. The summed E-state index contributed by atoms with van der Waals surface area (Å²) >= 11 is 0. The summed E-state index contributed by atoms with van der Waals surface area (Å²) in [5.41, 5.74) is 3.80. The Hall–Kier alpha value is -2.62. The zero-order valence-corrected chi connectivity index (χ0v) is 13.4. The van der Waals surface area contributed by atoms with Crippen LogP contribution < -0.4 is 10.2 Å². The van der Waals surface area contributed by atoms with E-state index in [1.54, 1.807) is 0 Å². The smallest absolute Gasteiger partial charge is 0.256 e. The third-order valence-corrected chi connectivity index (χ3v) is 4.11. The van der Waals surface area contributed by atoms with Crippen LogP contribution in [0.15, 0.2) is 48.5 Å². The Balaban J connectivity index is 1.79. The fraction of sp³-hybridized carbons (Fsp3) is 0.263. The van der Waals surface area contributed by atoms with Crippen molar-refractivity contribution >= 4 is 23.2 Å². The topological polar surface area (TPSA) is 49.4 Å². The molecule has 1 atom stereocenters. The molecule has 0 saturated carbocycles. The summed E-state index contributed by atoms with van der Waals surface area (Å²) in [5.74, 6) is -0.356. The zero-order chi connectivity index (χ0) is 16.4. The molecule has 2 aromatic carbocycles. The van der Waals surface area contributed by atoms with Gasteiger partial charge in [0, 0.05) is 5.69 Å². The lowest BCUT2D eigenvalue weighted by Crippen LogP contribution is -2.34. The first kappa shape index (κ1) is 15.3. The molecule has 1 unspecified atom stereocenters. The van der Waals surface area contributed by atoms with Crippen LogP contribution in [0.4, 0.5) is 11.4 Å². The van der Waals surface area contributed by atoms with E-state index in [0.29, 0.717) is 5.69 Å². The average molecular weight is 308 g/mol. The van der Waals surface area contributed by atoms with E-state index >= 15 is 0 Å². The van der Waals surface area contributed by atoms with Crippen LogP contribution in [0.5, 0.6) is 0 Å². The normalized spacial score (nSPS) is 17.7. The van der Waals surface area contributed by atoms with Gasteiger partial charge in [0.1, 0.15) is 6.04 Å². The summed E-state index contributed by atoms with van der Waals surface area (Å²) in [6.07, 6.45) is 1.11. The van der Waals surface area contributed by atoms with Crippen molar-refractivity contribution in [3.8, 4) is 0 Å². The Bertz CT molecular complexity index is 737. The molecule has 0 radical (unpaired) electrons. The van der Waals surface area contributed by atoms with E-state index in [1.165, 1.54) is 10.5 Å². The van der Waals surface area contributed by atoms with E-state index in [1.807, 2.05) is 55.5 Å². The van der Waals surface area contributed by atoms with Gasteiger partial charge in [-0.05, 0) is 48.7 Å². The average Bonchev–Trinajstić information content (AvgIpc) is 2.81. The number of carbonyl (C=O) groups is 2. The minimum absolute atomic E-state index is 0.163. The Labute approximate surface area is 136 Å². The lowest BCUT2D eigenvalue weighted by molar-refractivity contribution is -0.121. The van der Waals surface area contributed by atoms with Gasteiger partial charge in [-0.3, -0.25) is 9.59 Å². The van der Waals surface area contributed by atoms with Gasteiger partial charge in [0.05, 0.1) is 12.1 Å². The van der Waals surface area contributed by atoms with Crippen molar-refractivity contribution in [2.24, 2.45) is 0 Å². The Morgan fingerprint density at radius 3 is 2.52 bits per heavy atom. The molecule has 4 nitrogen and oxygen atoms in total. The fourth-order valence-electron chi connectivity index (χ4n) is 2.83. The number of nitrogens with zero attached hydrogens (tertiary/aromatic N) is 1. The summed E-state index contributed by atoms with van der Waals surface area (Å²) in [6, 6.07) is 14.9. The van der Waals surface area contributed by atoms with E-state index in [0.717, 1.165) is 17.7 Å². The van der Waals surface area contributed by atoms with E-state index in [9.17, 15) is 9.59 Å². The number of aryl methyl sites for hydroxylation is 2. The second-order valence-electron chi connectivity index (χ2n) is 5.86. The summed E-state index contributed by atoms with van der Waals surface area (Å²) < 4.78 is 0. The van der Waals surface area contributed by atoms with Crippen LogP contribution in [0.1, 0.15) is 24.5 Å². The highest BCUT2D eigenvalue weighted by atomic mass is 16.2. The van der Waals surface area contributed by atoms with Gasteiger partial charge in [-0.15, -0.1) is 0 Å². The predicted molar refractivity (Wildman–Crippen MR) is 91.5 cm³/mol. The molecule has 118 valence electrons. The van der Waals surface area contributed by atoms with Gasteiger partial charge in [-0.1, -0.05) is 31.2 Å². The minimum atomic E-state index is -0.504. The van der Waals surface area contributed by atoms with Crippen molar-refractivity contribution in [1.82, 2.24) is 0 Å². The quantitative estimate of drug-likeness (QED) is 0.882. The molecule has 0 spiro atoms. The summed E-state index contributed by atoms with van der Waals surface area (Å²) in [6.45, 7) is 4.07. The number of amides is 2. The van der Waals surface area contributed by atoms with Crippen LogP contribution >= 0.6 is 0 Å². The highest BCUT2D eigenvalue weighted by molar-refractivity contribution is 6.23. The SMILES string of the molecule is CCc1ccc(N2C(=O)CC(Nc3cccc(C)c3)C2=O)cc1. The maximum atomic E-state index is 12.6. The van der Waals surface area contributed by atoms with Crippen molar-refractivity contribution in [1.29, 1.82) is 0 Å². The van der Waals surface area contributed by atoms with Gasteiger partial charge >= 0.3 is 0 Å². The largest absolute Gasteiger partial charge is 0.373 e. The molecule has 2 aromatic rings. The first-order chi connectivity index (χ1) is 11.1. The van der Waals surface area contributed by atoms with Crippen LogP contribution in [0.3, 0.4) is 0 Å². The monoisotopic (exact) mass is 308 g/mol. The Morgan fingerprint density at radius 1 is 1.13 bits per heavy atom. The van der Waals surface area contributed by atoms with Crippen molar-refractivity contribution in [3.05, 3.63) is 59.7 Å². The second kappa shape index (κ2) is 6.24. The molecule has 1 saturated heterocycles. The van der Waals surface area contributed by atoms with Crippen LogP contribution in [-0.4, -0.2) is 17.9 Å². The minimum Gasteiger partial charge on any atom is -0.373 e. The zero-order valence-electron chi connectivity index (χ0n) is 13.4. The first-order valence-corrected chi connectivity index (χ1v) is 7.87. The van der Waals surface area contributed by atoms with Gasteiger partial charge in [-0.2, -0.15) is 0 Å². The molecule has 23 heavy (non-hydrogen) atoms. The number of carbonyl (C=O) groups excluding carboxylic acids is 2. The molecule has 1 heterocycles. The summed E-state index contributed by atoms with van der Waals surface area (Å²) in [4.78, 5) is 26.2. The summed E-state index contributed by atoms with van der Waals surface area (Å²) in [7, 11) is 0. The van der Waals surface area contributed by atoms with Gasteiger partial charge in [0.15, 0.2) is 0 Å². The van der Waals surface area contributed by atoms with Crippen molar-refractivity contribution in [2.75, 3.05) is 10.2 Å². The molecule has 1 aliphatic rings. The molecule has 0 aromatic heterocycles. The van der Waals surface area contributed by atoms with Gasteiger partial charge in [-0.25, -0.2) is 4.90 Å². The molecule has 1 fully saturated rings. The van der Waals surface area contributed by atoms with Gasteiger partial charge in [0.2, 0.25) is 5.91 Å². The molecule has 1 N–H and O–H groups in total. The number of rotatable bonds is 4. The predicted octanol–water partition coefficient (Wildman–Crippen LogP) is 3.30. The lowest BCUT2D eigenvalue weighted by Gasteiger charge is -2.16. The highest BCUT2D eigenvalue weighted by Crippen LogP contribution is 2.25. The van der Waals surface area contributed by atoms with Gasteiger partial charge < -0.3 is 5.32 Å². The third-order valence-electron chi connectivity index (χ3n) is 4.11. The third kappa shape index (κ3) is 3.11. The number of nitrogens with one attached hydrogen (secondary N) is 1. The maximum Gasteiger partial charge on any atom is 0.256 e. The highest BCUT2D eigenvalue weighted by Gasteiger charge is 2.39. The van der Waals surface area contributed by atoms with E-state index < -0.39 is 6.04 Å². The van der Waals surface area contributed by atoms with Gasteiger partial charge in [0.25, 0.3) is 5.91 Å². The number of hydrogen-bond donors (Lipinski definition) is 1. The standard InChI is InChI=1S/C19H20N2O2/c1-3-14-7-9-16(10-8-14)21-18(22)12-17(19(21)23)20-15-6-4-5-13(2)11-15/h4-11,17,20H,3,12H2,1-2H3. The number of hydrogen-bond acceptors (Lipinski definition) is 3. The number of anilines is 2. The molecule has 2 amide bonds. The van der Waals surface area contributed by atoms with Crippen LogP contribution in [0, 0.1) is 6.92 Å². The van der Waals surface area contributed by atoms with Crippen LogP contribution in [0.2, 0.25) is 0 Å².